The molecule has 2 heterocycles. The molecule has 3 rings (SSSR count). The average molecular weight is 355 g/mol. The zero-order valence-electron chi connectivity index (χ0n) is 15.8. The summed E-state index contributed by atoms with van der Waals surface area (Å²) in [5.41, 5.74) is 1.37. The molecular formula is C20H30N6. The normalized spacial score (nSPS) is 21.1. The lowest BCUT2D eigenvalue weighted by Crippen LogP contribution is -2.44. The number of aliphatic imine (C=N–C) groups is 1. The van der Waals surface area contributed by atoms with E-state index in [4.69, 9.17) is 4.99 Å². The second-order valence-corrected chi connectivity index (χ2v) is 6.87. The van der Waals surface area contributed by atoms with Crippen molar-refractivity contribution < 1.29 is 0 Å². The topological polar surface area (TPSA) is 57.5 Å². The van der Waals surface area contributed by atoms with Crippen LogP contribution in [0.25, 0.3) is 0 Å². The zero-order valence-corrected chi connectivity index (χ0v) is 15.8. The van der Waals surface area contributed by atoms with Gasteiger partial charge >= 0.3 is 0 Å². The van der Waals surface area contributed by atoms with Gasteiger partial charge in [-0.25, -0.2) is 0 Å². The van der Waals surface area contributed by atoms with Crippen LogP contribution >= 0.6 is 0 Å². The predicted molar refractivity (Wildman–Crippen MR) is 106 cm³/mol. The third-order valence-corrected chi connectivity index (χ3v) is 4.78. The highest BCUT2D eigenvalue weighted by Crippen LogP contribution is 2.20. The monoisotopic (exact) mass is 354 g/mol. The van der Waals surface area contributed by atoms with Gasteiger partial charge in [0.25, 0.3) is 0 Å². The molecule has 1 aliphatic heterocycles. The molecule has 6 nitrogen and oxygen atoms in total. The highest BCUT2D eigenvalue weighted by atomic mass is 15.3. The Labute approximate surface area is 156 Å². The Kier molecular flexibility index (Phi) is 6.66. The Balaban J connectivity index is 1.52. The minimum atomic E-state index is 0.427. The molecule has 2 N–H and O–H groups in total. The van der Waals surface area contributed by atoms with Crippen LogP contribution in [0.3, 0.4) is 0 Å². The first kappa shape index (κ1) is 18.5. The summed E-state index contributed by atoms with van der Waals surface area (Å²) in [7, 11) is 0. The van der Waals surface area contributed by atoms with E-state index in [1.165, 1.54) is 5.56 Å². The van der Waals surface area contributed by atoms with E-state index in [0.29, 0.717) is 18.6 Å². The van der Waals surface area contributed by atoms with Crippen molar-refractivity contribution in [2.75, 3.05) is 19.6 Å². The van der Waals surface area contributed by atoms with Crippen molar-refractivity contribution in [2.24, 2.45) is 4.99 Å². The molecule has 1 saturated heterocycles. The van der Waals surface area contributed by atoms with Gasteiger partial charge in [0.2, 0.25) is 0 Å². The molecule has 1 aromatic carbocycles. The van der Waals surface area contributed by atoms with Gasteiger partial charge in [0, 0.05) is 44.1 Å². The summed E-state index contributed by atoms with van der Waals surface area (Å²) >= 11 is 0. The largest absolute Gasteiger partial charge is 0.357 e. The third kappa shape index (κ3) is 5.33. The molecule has 26 heavy (non-hydrogen) atoms. The van der Waals surface area contributed by atoms with Gasteiger partial charge in [-0.3, -0.25) is 14.6 Å². The second kappa shape index (κ2) is 9.38. The van der Waals surface area contributed by atoms with E-state index in [-0.39, 0.29) is 0 Å². The summed E-state index contributed by atoms with van der Waals surface area (Å²) in [6, 6.07) is 13.6. The first-order chi connectivity index (χ1) is 12.7. The van der Waals surface area contributed by atoms with Crippen molar-refractivity contribution >= 4 is 5.96 Å². The lowest BCUT2D eigenvalue weighted by Gasteiger charge is -2.21. The fourth-order valence-corrected chi connectivity index (χ4v) is 3.45. The van der Waals surface area contributed by atoms with Gasteiger partial charge < -0.3 is 10.6 Å². The number of nitrogens with zero attached hydrogens (tertiary/aromatic N) is 4. The molecule has 1 fully saturated rings. The van der Waals surface area contributed by atoms with Crippen LogP contribution in [0.4, 0.5) is 0 Å². The van der Waals surface area contributed by atoms with Crippen LogP contribution in [-0.4, -0.2) is 52.4 Å². The second-order valence-electron chi connectivity index (χ2n) is 6.87. The third-order valence-electron chi connectivity index (χ3n) is 4.78. The highest BCUT2D eigenvalue weighted by molar-refractivity contribution is 5.80. The summed E-state index contributed by atoms with van der Waals surface area (Å²) in [6.45, 7) is 8.84. The van der Waals surface area contributed by atoms with E-state index < -0.39 is 0 Å². The van der Waals surface area contributed by atoms with Crippen LogP contribution in [0.1, 0.15) is 25.8 Å². The first-order valence-corrected chi connectivity index (χ1v) is 9.55. The maximum Gasteiger partial charge on any atom is 0.191 e. The van der Waals surface area contributed by atoms with Crippen LogP contribution in [0, 0.1) is 0 Å². The van der Waals surface area contributed by atoms with Crippen molar-refractivity contribution in [1.82, 2.24) is 25.3 Å². The Morgan fingerprint density at radius 3 is 2.85 bits per heavy atom. The van der Waals surface area contributed by atoms with E-state index in [1.54, 1.807) is 6.20 Å². The quantitative estimate of drug-likeness (QED) is 0.591. The number of nitrogens with one attached hydrogen (secondary N) is 2. The molecule has 2 unspecified atom stereocenters. The molecule has 140 valence electrons. The van der Waals surface area contributed by atoms with Crippen molar-refractivity contribution in [1.29, 1.82) is 0 Å². The summed E-state index contributed by atoms with van der Waals surface area (Å²) in [4.78, 5) is 7.24. The molecule has 0 amide bonds. The SMILES string of the molecule is CCNC(=NCCn1cccn1)NC1CC(C)N(Cc2ccccc2)C1. The van der Waals surface area contributed by atoms with E-state index in [2.05, 4.69) is 64.8 Å². The van der Waals surface area contributed by atoms with Gasteiger partial charge in [-0.1, -0.05) is 30.3 Å². The zero-order chi connectivity index (χ0) is 18.2. The molecule has 2 aromatic rings. The van der Waals surface area contributed by atoms with Gasteiger partial charge in [-0.2, -0.15) is 5.10 Å². The molecular weight excluding hydrogens is 324 g/mol. The smallest absolute Gasteiger partial charge is 0.191 e. The average Bonchev–Trinajstić information content (AvgIpc) is 3.26. The maximum atomic E-state index is 4.70. The number of rotatable bonds is 7. The van der Waals surface area contributed by atoms with Gasteiger partial charge in [-0.05, 0) is 31.9 Å². The first-order valence-electron chi connectivity index (χ1n) is 9.55. The van der Waals surface area contributed by atoms with Crippen molar-refractivity contribution in [2.45, 2.75) is 45.4 Å². The Bertz CT molecular complexity index is 667. The highest BCUT2D eigenvalue weighted by Gasteiger charge is 2.29. The fourth-order valence-electron chi connectivity index (χ4n) is 3.45. The molecule has 1 aliphatic rings. The Morgan fingerprint density at radius 2 is 2.12 bits per heavy atom. The number of guanidine groups is 1. The van der Waals surface area contributed by atoms with Crippen LogP contribution in [0.5, 0.6) is 0 Å². The molecule has 0 saturated carbocycles. The summed E-state index contributed by atoms with van der Waals surface area (Å²) < 4.78 is 1.91. The van der Waals surface area contributed by atoms with Crippen molar-refractivity contribution in [3.8, 4) is 0 Å². The minimum absolute atomic E-state index is 0.427. The number of benzene rings is 1. The van der Waals surface area contributed by atoms with Gasteiger partial charge in [-0.15, -0.1) is 0 Å². The maximum absolute atomic E-state index is 4.70. The number of hydrogen-bond donors (Lipinski definition) is 2. The predicted octanol–water partition coefficient (Wildman–Crippen LogP) is 2.10. The molecule has 2 atom stereocenters. The lowest BCUT2D eigenvalue weighted by molar-refractivity contribution is 0.258. The van der Waals surface area contributed by atoms with Crippen LogP contribution in [0.15, 0.2) is 53.8 Å². The molecule has 0 aliphatic carbocycles. The fraction of sp³-hybridized carbons (Fsp3) is 0.500. The van der Waals surface area contributed by atoms with Crippen molar-refractivity contribution in [3.63, 3.8) is 0 Å². The van der Waals surface area contributed by atoms with E-state index in [0.717, 1.165) is 38.6 Å². The van der Waals surface area contributed by atoms with E-state index in [1.807, 2.05) is 16.9 Å². The molecule has 0 spiro atoms. The molecule has 0 radical (unpaired) electrons. The lowest BCUT2D eigenvalue weighted by atomic mass is 10.2. The van der Waals surface area contributed by atoms with Gasteiger partial charge in [0.1, 0.15) is 0 Å². The van der Waals surface area contributed by atoms with Crippen LogP contribution < -0.4 is 10.6 Å². The van der Waals surface area contributed by atoms with E-state index >= 15 is 0 Å². The Morgan fingerprint density at radius 1 is 1.27 bits per heavy atom. The summed E-state index contributed by atoms with van der Waals surface area (Å²) in [6.07, 6.45) is 4.90. The van der Waals surface area contributed by atoms with Gasteiger partial charge in [0.05, 0.1) is 13.1 Å². The van der Waals surface area contributed by atoms with Crippen molar-refractivity contribution in [3.05, 3.63) is 54.4 Å². The molecule has 1 aromatic heterocycles. The Hall–Kier alpha value is -2.34. The minimum Gasteiger partial charge on any atom is -0.357 e. The summed E-state index contributed by atoms with van der Waals surface area (Å²) in [5, 5.41) is 11.2. The summed E-state index contributed by atoms with van der Waals surface area (Å²) in [5.74, 6) is 0.901. The van der Waals surface area contributed by atoms with Crippen LogP contribution in [-0.2, 0) is 13.1 Å². The van der Waals surface area contributed by atoms with Crippen LogP contribution in [0.2, 0.25) is 0 Å². The number of hydrogen-bond acceptors (Lipinski definition) is 3. The molecule has 0 bridgehead atoms. The number of aromatic nitrogens is 2. The molecule has 6 heteroatoms. The standard InChI is InChI=1S/C20H30N6/c1-3-21-20(22-11-13-26-12-7-10-23-26)24-19-14-17(2)25(16-19)15-18-8-5-4-6-9-18/h4-10,12,17,19H,3,11,13-16H2,1-2H3,(H2,21,22,24). The van der Waals surface area contributed by atoms with Gasteiger partial charge in [0.15, 0.2) is 5.96 Å². The number of likely N-dealkylation sites (tertiary alicyclic amines) is 1. The van der Waals surface area contributed by atoms with E-state index in [9.17, 15) is 0 Å².